The van der Waals surface area contributed by atoms with Crippen LogP contribution >= 0.6 is 35.6 Å². The summed E-state index contributed by atoms with van der Waals surface area (Å²) < 4.78 is 0. The molecule has 5 heteroatoms. The molecule has 0 unspecified atom stereocenters. The summed E-state index contributed by atoms with van der Waals surface area (Å²) in [5, 5.41) is 9.71. The van der Waals surface area contributed by atoms with Crippen molar-refractivity contribution >= 4 is 35.6 Å². The fourth-order valence-electron chi connectivity index (χ4n) is 0.789. The second-order valence-electron chi connectivity index (χ2n) is 2.26. The topological polar surface area (TPSA) is 33.1 Å². The first kappa shape index (κ1) is 11.8. The SMILES string of the molecule is Cc1nc(C)c(Cl)c(O)c1Cl.Cl. The Morgan fingerprint density at radius 2 is 1.42 bits per heavy atom. The monoisotopic (exact) mass is 227 g/mol. The highest BCUT2D eigenvalue weighted by molar-refractivity contribution is 6.37. The van der Waals surface area contributed by atoms with Crippen LogP contribution in [0.1, 0.15) is 11.4 Å². The van der Waals surface area contributed by atoms with E-state index in [2.05, 4.69) is 4.98 Å². The molecule has 0 spiro atoms. The van der Waals surface area contributed by atoms with Gasteiger partial charge in [-0.2, -0.15) is 0 Å². The molecule has 0 atom stereocenters. The highest BCUT2D eigenvalue weighted by atomic mass is 35.5. The predicted octanol–water partition coefficient (Wildman–Crippen LogP) is 3.13. The Morgan fingerprint density at radius 1 is 1.08 bits per heavy atom. The average Bonchev–Trinajstić information content (AvgIpc) is 1.97. The summed E-state index contributed by atoms with van der Waals surface area (Å²) in [6, 6.07) is 0. The predicted molar refractivity (Wildman–Crippen MR) is 52.6 cm³/mol. The zero-order valence-electron chi connectivity index (χ0n) is 6.56. The summed E-state index contributed by atoms with van der Waals surface area (Å²) in [6.07, 6.45) is 0. The zero-order chi connectivity index (χ0) is 8.59. The molecule has 0 aliphatic carbocycles. The number of aromatic hydroxyl groups is 1. The third-order valence-corrected chi connectivity index (χ3v) is 2.29. The van der Waals surface area contributed by atoms with Crippen molar-refractivity contribution < 1.29 is 5.11 Å². The van der Waals surface area contributed by atoms with Crippen LogP contribution in [0, 0.1) is 13.8 Å². The van der Waals surface area contributed by atoms with Gasteiger partial charge in [0.15, 0.2) is 5.75 Å². The molecule has 0 saturated heterocycles. The number of pyridine rings is 1. The Morgan fingerprint density at radius 3 is 1.75 bits per heavy atom. The van der Waals surface area contributed by atoms with Crippen LogP contribution < -0.4 is 0 Å². The van der Waals surface area contributed by atoms with Crippen LogP contribution in [-0.4, -0.2) is 10.1 Å². The van der Waals surface area contributed by atoms with E-state index >= 15 is 0 Å². The minimum atomic E-state index is -0.0849. The number of nitrogens with zero attached hydrogens (tertiary/aromatic N) is 1. The van der Waals surface area contributed by atoms with Crippen molar-refractivity contribution in [1.82, 2.24) is 4.98 Å². The molecule has 0 aliphatic heterocycles. The van der Waals surface area contributed by atoms with Gasteiger partial charge in [0.25, 0.3) is 0 Å². The van der Waals surface area contributed by atoms with Crippen molar-refractivity contribution in [2.45, 2.75) is 13.8 Å². The van der Waals surface area contributed by atoms with Gasteiger partial charge in [-0.15, -0.1) is 12.4 Å². The van der Waals surface area contributed by atoms with Gasteiger partial charge in [-0.1, -0.05) is 23.2 Å². The molecule has 12 heavy (non-hydrogen) atoms. The Hall–Kier alpha value is -0.180. The largest absolute Gasteiger partial charge is 0.505 e. The lowest BCUT2D eigenvalue weighted by Crippen LogP contribution is -1.89. The van der Waals surface area contributed by atoms with E-state index in [0.29, 0.717) is 11.4 Å². The molecule has 0 aliphatic rings. The van der Waals surface area contributed by atoms with Gasteiger partial charge in [0.2, 0.25) is 0 Å². The molecule has 0 amide bonds. The summed E-state index contributed by atoms with van der Waals surface area (Å²) in [7, 11) is 0. The maximum absolute atomic E-state index is 9.26. The molecule has 1 N–H and O–H groups in total. The lowest BCUT2D eigenvalue weighted by Gasteiger charge is -2.04. The van der Waals surface area contributed by atoms with E-state index in [4.69, 9.17) is 23.2 Å². The highest BCUT2D eigenvalue weighted by Gasteiger charge is 2.10. The van der Waals surface area contributed by atoms with Crippen molar-refractivity contribution in [3.63, 3.8) is 0 Å². The van der Waals surface area contributed by atoms with Gasteiger partial charge in [0, 0.05) is 0 Å². The van der Waals surface area contributed by atoms with Gasteiger partial charge in [0.05, 0.1) is 11.4 Å². The standard InChI is InChI=1S/C7H7Cl2NO.ClH/c1-3-5(8)7(11)6(9)4(2)10-3;/h1-2H3,(H,10,11);1H. The molecule has 1 rings (SSSR count). The number of aromatic nitrogens is 1. The van der Waals surface area contributed by atoms with E-state index in [1.54, 1.807) is 13.8 Å². The molecule has 0 saturated carbocycles. The van der Waals surface area contributed by atoms with E-state index in [1.165, 1.54) is 0 Å². The van der Waals surface area contributed by atoms with Gasteiger partial charge in [0.1, 0.15) is 10.0 Å². The van der Waals surface area contributed by atoms with E-state index in [0.717, 1.165) is 0 Å². The molecule has 1 aromatic heterocycles. The normalized spacial score (nSPS) is 9.33. The number of aryl methyl sites for hydroxylation is 2. The smallest absolute Gasteiger partial charge is 0.156 e. The molecule has 0 radical (unpaired) electrons. The van der Waals surface area contributed by atoms with Crippen LogP contribution in [0.3, 0.4) is 0 Å². The summed E-state index contributed by atoms with van der Waals surface area (Å²) in [5.74, 6) is -0.0849. The van der Waals surface area contributed by atoms with Crippen LogP contribution in [-0.2, 0) is 0 Å². The minimum Gasteiger partial charge on any atom is -0.505 e. The van der Waals surface area contributed by atoms with Crippen LogP contribution in [0.2, 0.25) is 10.0 Å². The van der Waals surface area contributed by atoms with Crippen LogP contribution in [0.4, 0.5) is 0 Å². The Bertz CT molecular complexity index is 275. The summed E-state index contributed by atoms with van der Waals surface area (Å²) in [5.41, 5.74) is 1.18. The van der Waals surface area contributed by atoms with Crippen LogP contribution in [0.15, 0.2) is 0 Å². The third kappa shape index (κ3) is 1.94. The van der Waals surface area contributed by atoms with Crippen LogP contribution in [0.5, 0.6) is 5.75 Å². The van der Waals surface area contributed by atoms with Crippen molar-refractivity contribution in [1.29, 1.82) is 0 Å². The van der Waals surface area contributed by atoms with E-state index in [1.807, 2.05) is 0 Å². The van der Waals surface area contributed by atoms with E-state index in [-0.39, 0.29) is 28.2 Å². The highest BCUT2D eigenvalue weighted by Crippen LogP contribution is 2.34. The van der Waals surface area contributed by atoms with Crippen LogP contribution in [0.25, 0.3) is 0 Å². The average molecular weight is 229 g/mol. The first-order valence-corrected chi connectivity index (χ1v) is 3.80. The minimum absolute atomic E-state index is 0. The Labute approximate surface area is 86.9 Å². The van der Waals surface area contributed by atoms with Gasteiger partial charge in [-0.05, 0) is 13.8 Å². The van der Waals surface area contributed by atoms with Crippen molar-refractivity contribution in [3.05, 3.63) is 21.4 Å². The molecule has 2 nitrogen and oxygen atoms in total. The zero-order valence-corrected chi connectivity index (χ0v) is 8.89. The number of hydrogen-bond acceptors (Lipinski definition) is 2. The van der Waals surface area contributed by atoms with Crippen molar-refractivity contribution in [3.8, 4) is 5.75 Å². The summed E-state index contributed by atoms with van der Waals surface area (Å²) in [4.78, 5) is 4.01. The van der Waals surface area contributed by atoms with E-state index in [9.17, 15) is 5.11 Å². The molecule has 1 aromatic rings. The molecule has 0 bridgehead atoms. The maximum Gasteiger partial charge on any atom is 0.156 e. The van der Waals surface area contributed by atoms with E-state index < -0.39 is 0 Å². The number of halogens is 3. The second-order valence-corrected chi connectivity index (χ2v) is 3.02. The Kier molecular flexibility index (Phi) is 4.11. The summed E-state index contributed by atoms with van der Waals surface area (Å²) in [6.45, 7) is 3.43. The van der Waals surface area contributed by atoms with Crippen molar-refractivity contribution in [2.24, 2.45) is 0 Å². The molecule has 0 fully saturated rings. The molecule has 0 aromatic carbocycles. The molecule has 68 valence electrons. The third-order valence-electron chi connectivity index (χ3n) is 1.39. The number of rotatable bonds is 0. The lowest BCUT2D eigenvalue weighted by molar-refractivity contribution is 0.474. The van der Waals surface area contributed by atoms with Gasteiger partial charge >= 0.3 is 0 Å². The molecular weight excluding hydrogens is 220 g/mol. The fraction of sp³-hybridized carbons (Fsp3) is 0.286. The van der Waals surface area contributed by atoms with Gasteiger partial charge < -0.3 is 5.11 Å². The maximum atomic E-state index is 9.26. The molecular formula is C7H8Cl3NO. The Balaban J connectivity index is 0.00000121. The lowest BCUT2D eigenvalue weighted by atomic mass is 10.3. The molecule has 1 heterocycles. The van der Waals surface area contributed by atoms with Crippen molar-refractivity contribution in [2.75, 3.05) is 0 Å². The summed E-state index contributed by atoms with van der Waals surface area (Å²) >= 11 is 11.3. The second kappa shape index (κ2) is 4.17. The first-order valence-electron chi connectivity index (χ1n) is 3.05. The fourth-order valence-corrected chi connectivity index (χ4v) is 1.11. The first-order chi connectivity index (χ1) is 5.04. The van der Waals surface area contributed by atoms with Gasteiger partial charge in [-0.3, -0.25) is 4.98 Å². The number of hydrogen-bond donors (Lipinski definition) is 1. The quantitative estimate of drug-likeness (QED) is 0.740. The van der Waals surface area contributed by atoms with Gasteiger partial charge in [-0.25, -0.2) is 0 Å².